The van der Waals surface area contributed by atoms with Gasteiger partial charge in [0.2, 0.25) is 0 Å². The van der Waals surface area contributed by atoms with E-state index < -0.39 is 0 Å². The van der Waals surface area contributed by atoms with Crippen molar-refractivity contribution < 1.29 is 4.39 Å². The Kier molecular flexibility index (Phi) is 3.92. The quantitative estimate of drug-likeness (QED) is 0.927. The maximum Gasteiger partial charge on any atom is 0.123 e. The molecule has 1 unspecified atom stereocenters. The van der Waals surface area contributed by atoms with E-state index in [2.05, 4.69) is 27.7 Å². The second-order valence-corrected chi connectivity index (χ2v) is 5.86. The lowest BCUT2D eigenvalue weighted by molar-refractivity contribution is 0.155. The van der Waals surface area contributed by atoms with Gasteiger partial charge in [-0.2, -0.15) is 0 Å². The van der Waals surface area contributed by atoms with Crippen LogP contribution in [0, 0.1) is 5.82 Å². The zero-order valence-corrected chi connectivity index (χ0v) is 11.5. The number of benzene rings is 1. The molecular weight excluding hydrogens is 259 g/mol. The highest BCUT2D eigenvalue weighted by atomic mass is 32.1. The van der Waals surface area contributed by atoms with Gasteiger partial charge in [0.1, 0.15) is 5.82 Å². The third kappa shape index (κ3) is 3.03. The van der Waals surface area contributed by atoms with Gasteiger partial charge < -0.3 is 5.32 Å². The molecule has 0 spiro atoms. The number of nitrogens with one attached hydrogen (secondary N) is 1. The van der Waals surface area contributed by atoms with Crippen molar-refractivity contribution in [2.24, 2.45) is 0 Å². The summed E-state index contributed by atoms with van der Waals surface area (Å²) in [5.74, 6) is -0.154. The smallest absolute Gasteiger partial charge is 0.123 e. The van der Waals surface area contributed by atoms with Gasteiger partial charge in [-0.05, 0) is 29.1 Å². The minimum atomic E-state index is -0.154. The zero-order valence-electron chi connectivity index (χ0n) is 10.7. The van der Waals surface area contributed by atoms with Crippen molar-refractivity contribution in [1.29, 1.82) is 0 Å². The molecule has 1 aliphatic heterocycles. The summed E-state index contributed by atoms with van der Waals surface area (Å²) < 4.78 is 13.4. The molecule has 2 nitrogen and oxygen atoms in total. The molecule has 3 rings (SSSR count). The van der Waals surface area contributed by atoms with Crippen molar-refractivity contribution in [3.05, 3.63) is 58.0 Å². The molecule has 0 saturated carbocycles. The lowest BCUT2D eigenvalue weighted by Gasteiger charge is -2.36. The molecule has 0 amide bonds. The molecule has 2 aromatic rings. The van der Waals surface area contributed by atoms with E-state index in [0.717, 1.165) is 31.7 Å². The Labute approximate surface area is 116 Å². The number of hydrogen-bond acceptors (Lipinski definition) is 3. The number of thiophene rings is 1. The fourth-order valence-electron chi connectivity index (χ4n) is 2.58. The van der Waals surface area contributed by atoms with Crippen molar-refractivity contribution in [3.8, 4) is 0 Å². The predicted molar refractivity (Wildman–Crippen MR) is 76.7 cm³/mol. The van der Waals surface area contributed by atoms with Gasteiger partial charge in [0, 0.05) is 37.1 Å². The van der Waals surface area contributed by atoms with Gasteiger partial charge in [0.05, 0.1) is 0 Å². The first kappa shape index (κ1) is 12.8. The molecule has 4 heteroatoms. The average molecular weight is 276 g/mol. The van der Waals surface area contributed by atoms with E-state index in [9.17, 15) is 4.39 Å². The summed E-state index contributed by atoms with van der Waals surface area (Å²) in [7, 11) is 0. The first-order valence-corrected chi connectivity index (χ1v) is 7.43. The number of piperazine rings is 1. The Morgan fingerprint density at radius 2 is 2.26 bits per heavy atom. The van der Waals surface area contributed by atoms with Crippen LogP contribution < -0.4 is 5.32 Å². The fraction of sp³-hybridized carbons (Fsp3) is 0.333. The van der Waals surface area contributed by atoms with Crippen LogP contribution in [-0.2, 0) is 6.54 Å². The van der Waals surface area contributed by atoms with Crippen LogP contribution in [0.4, 0.5) is 4.39 Å². The maximum atomic E-state index is 13.4. The van der Waals surface area contributed by atoms with E-state index in [1.165, 1.54) is 10.9 Å². The van der Waals surface area contributed by atoms with Gasteiger partial charge >= 0.3 is 0 Å². The van der Waals surface area contributed by atoms with Gasteiger partial charge in [0.25, 0.3) is 0 Å². The summed E-state index contributed by atoms with van der Waals surface area (Å²) in [4.78, 5) is 3.79. The Morgan fingerprint density at radius 1 is 1.32 bits per heavy atom. The molecule has 1 aromatic heterocycles. The summed E-state index contributed by atoms with van der Waals surface area (Å²) in [6, 6.07) is 11.5. The normalized spacial score (nSPS) is 20.6. The van der Waals surface area contributed by atoms with Gasteiger partial charge in [0.15, 0.2) is 0 Å². The molecular formula is C15H17FN2S. The van der Waals surface area contributed by atoms with Crippen LogP contribution in [-0.4, -0.2) is 24.5 Å². The van der Waals surface area contributed by atoms with Crippen LogP contribution in [0.25, 0.3) is 0 Å². The van der Waals surface area contributed by atoms with Crippen LogP contribution in [0.15, 0.2) is 41.8 Å². The molecule has 1 N–H and O–H groups in total. The Balaban J connectivity index is 1.80. The summed E-state index contributed by atoms with van der Waals surface area (Å²) in [5, 5.41) is 5.51. The average Bonchev–Trinajstić information content (AvgIpc) is 2.92. The van der Waals surface area contributed by atoms with Gasteiger partial charge in [-0.1, -0.05) is 18.2 Å². The first-order valence-electron chi connectivity index (χ1n) is 6.55. The van der Waals surface area contributed by atoms with Crippen LogP contribution in [0.1, 0.15) is 16.5 Å². The molecule has 2 heterocycles. The van der Waals surface area contributed by atoms with Gasteiger partial charge in [-0.3, -0.25) is 4.90 Å². The Hall–Kier alpha value is -1.23. The minimum Gasteiger partial charge on any atom is -0.314 e. The summed E-state index contributed by atoms with van der Waals surface area (Å²) in [5.41, 5.74) is 1.06. The van der Waals surface area contributed by atoms with Crippen molar-refractivity contribution in [1.82, 2.24) is 10.2 Å². The first-order chi connectivity index (χ1) is 9.33. The van der Waals surface area contributed by atoms with Crippen LogP contribution in [0.2, 0.25) is 0 Å². The van der Waals surface area contributed by atoms with Crippen molar-refractivity contribution in [3.63, 3.8) is 0 Å². The number of hydrogen-bond donors (Lipinski definition) is 1. The summed E-state index contributed by atoms with van der Waals surface area (Å²) in [6.45, 7) is 3.83. The van der Waals surface area contributed by atoms with E-state index in [4.69, 9.17) is 0 Å². The Bertz CT molecular complexity index is 527. The predicted octanol–water partition coefficient (Wildman–Crippen LogP) is 3.03. The largest absolute Gasteiger partial charge is 0.314 e. The molecule has 0 radical (unpaired) electrons. The molecule has 1 saturated heterocycles. The fourth-order valence-corrected chi connectivity index (χ4v) is 3.31. The maximum absolute atomic E-state index is 13.4. The monoisotopic (exact) mass is 276 g/mol. The van der Waals surface area contributed by atoms with Crippen LogP contribution >= 0.6 is 11.3 Å². The lowest BCUT2D eigenvalue weighted by atomic mass is 10.0. The molecule has 1 atom stereocenters. The van der Waals surface area contributed by atoms with E-state index in [0.29, 0.717) is 0 Å². The van der Waals surface area contributed by atoms with E-state index in [1.54, 1.807) is 23.5 Å². The standard InChI is InChI=1S/C15H17FN2S/c16-13-4-1-3-12(9-13)15-10-17-6-7-18(15)11-14-5-2-8-19-14/h1-5,8-9,15,17H,6-7,10-11H2. The third-order valence-corrected chi connectivity index (χ3v) is 4.39. The van der Waals surface area contributed by atoms with Crippen molar-refractivity contribution in [2.75, 3.05) is 19.6 Å². The van der Waals surface area contributed by atoms with Crippen molar-refractivity contribution in [2.45, 2.75) is 12.6 Å². The molecule has 1 aromatic carbocycles. The summed E-state index contributed by atoms with van der Waals surface area (Å²) in [6.07, 6.45) is 0. The highest BCUT2D eigenvalue weighted by Gasteiger charge is 2.24. The second-order valence-electron chi connectivity index (χ2n) is 4.82. The van der Waals surface area contributed by atoms with E-state index in [-0.39, 0.29) is 11.9 Å². The lowest BCUT2D eigenvalue weighted by Crippen LogP contribution is -2.45. The molecule has 0 bridgehead atoms. The zero-order chi connectivity index (χ0) is 13.1. The Morgan fingerprint density at radius 3 is 3.05 bits per heavy atom. The van der Waals surface area contributed by atoms with E-state index in [1.807, 2.05) is 6.07 Å². The summed E-state index contributed by atoms with van der Waals surface area (Å²) >= 11 is 1.78. The van der Waals surface area contributed by atoms with Crippen LogP contribution in [0.5, 0.6) is 0 Å². The minimum absolute atomic E-state index is 0.154. The van der Waals surface area contributed by atoms with Crippen LogP contribution in [0.3, 0.4) is 0 Å². The molecule has 1 aliphatic rings. The topological polar surface area (TPSA) is 15.3 Å². The molecule has 19 heavy (non-hydrogen) atoms. The number of rotatable bonds is 3. The SMILES string of the molecule is Fc1cccc(C2CNCCN2Cc2cccs2)c1. The number of nitrogens with zero attached hydrogens (tertiary/aromatic N) is 1. The third-order valence-electron chi connectivity index (χ3n) is 3.53. The highest BCUT2D eigenvalue weighted by Crippen LogP contribution is 2.25. The molecule has 1 fully saturated rings. The molecule has 100 valence electrons. The van der Waals surface area contributed by atoms with Crippen molar-refractivity contribution >= 4 is 11.3 Å². The highest BCUT2D eigenvalue weighted by molar-refractivity contribution is 7.09. The molecule has 0 aliphatic carbocycles. The van der Waals surface area contributed by atoms with Gasteiger partial charge in [-0.25, -0.2) is 4.39 Å². The van der Waals surface area contributed by atoms with E-state index >= 15 is 0 Å². The number of halogens is 1. The second kappa shape index (κ2) is 5.82. The van der Waals surface area contributed by atoms with Gasteiger partial charge in [-0.15, -0.1) is 11.3 Å².